The van der Waals surface area contributed by atoms with Crippen molar-refractivity contribution in [3.05, 3.63) is 17.8 Å². The number of nitriles is 1. The van der Waals surface area contributed by atoms with Crippen LogP contribution in [-0.4, -0.2) is 10.2 Å². The van der Waals surface area contributed by atoms with Crippen molar-refractivity contribution in [2.75, 3.05) is 5.32 Å². The van der Waals surface area contributed by atoms with Gasteiger partial charge in [-0.3, -0.25) is 5.32 Å². The number of anilines is 1. The lowest BCUT2D eigenvalue weighted by molar-refractivity contribution is 0.434. The fraction of sp³-hybridized carbons (Fsp3) is 0.545. The van der Waals surface area contributed by atoms with Crippen molar-refractivity contribution in [1.82, 2.24) is 10.2 Å². The zero-order chi connectivity index (χ0) is 10.5. The molecule has 0 bridgehead atoms. The zero-order valence-electron chi connectivity index (χ0n) is 8.61. The fourth-order valence-corrected chi connectivity index (χ4v) is 2.08. The molecule has 0 amide bonds. The number of rotatable bonds is 2. The van der Waals surface area contributed by atoms with Gasteiger partial charge in [-0.15, -0.1) is 5.10 Å². The van der Waals surface area contributed by atoms with Crippen LogP contribution in [0.5, 0.6) is 0 Å². The van der Waals surface area contributed by atoms with Gasteiger partial charge in [-0.25, -0.2) is 0 Å². The molecule has 0 spiro atoms. The molecule has 0 atom stereocenters. The van der Waals surface area contributed by atoms with E-state index in [2.05, 4.69) is 15.5 Å². The lowest BCUT2D eigenvalue weighted by Crippen LogP contribution is -2.07. The van der Waals surface area contributed by atoms with E-state index in [9.17, 15) is 0 Å². The summed E-state index contributed by atoms with van der Waals surface area (Å²) < 4.78 is 0. The van der Waals surface area contributed by atoms with E-state index in [1.165, 1.54) is 32.1 Å². The Kier molecular flexibility index (Phi) is 3.13. The predicted molar refractivity (Wildman–Crippen MR) is 57.1 cm³/mol. The van der Waals surface area contributed by atoms with Gasteiger partial charge in [0.25, 0.3) is 0 Å². The van der Waals surface area contributed by atoms with Crippen molar-refractivity contribution in [2.45, 2.75) is 38.0 Å². The lowest BCUT2D eigenvalue weighted by atomic mass is 9.87. The summed E-state index contributed by atoms with van der Waals surface area (Å²) in [7, 11) is 0. The molecule has 1 aromatic heterocycles. The average molecular weight is 202 g/mol. The average Bonchev–Trinajstić information content (AvgIpc) is 2.32. The third kappa shape index (κ3) is 2.44. The highest BCUT2D eigenvalue weighted by molar-refractivity contribution is 5.37. The molecule has 1 saturated carbocycles. The molecule has 2 rings (SSSR count). The third-order valence-corrected chi connectivity index (χ3v) is 2.89. The smallest absolute Gasteiger partial charge is 0.182 e. The normalized spacial score (nSPS) is 17.0. The molecule has 4 heteroatoms. The second-order valence-corrected chi connectivity index (χ2v) is 3.92. The van der Waals surface area contributed by atoms with Gasteiger partial charge in [0.2, 0.25) is 0 Å². The Balaban J connectivity index is 2.05. The maximum Gasteiger partial charge on any atom is 0.182 e. The van der Waals surface area contributed by atoms with Gasteiger partial charge in [0, 0.05) is 5.92 Å². The van der Waals surface area contributed by atoms with Crippen LogP contribution in [-0.2, 0) is 0 Å². The summed E-state index contributed by atoms with van der Waals surface area (Å²) in [4.78, 5) is 0. The Labute approximate surface area is 89.3 Å². The molecular weight excluding hydrogens is 188 g/mol. The minimum absolute atomic E-state index is 0.525. The van der Waals surface area contributed by atoms with Crippen LogP contribution in [0.15, 0.2) is 12.1 Å². The minimum Gasteiger partial charge on any atom is -0.275 e. The third-order valence-electron chi connectivity index (χ3n) is 2.89. The monoisotopic (exact) mass is 202 g/mol. The Morgan fingerprint density at radius 1 is 1.20 bits per heavy atom. The maximum absolute atomic E-state index is 8.41. The predicted octanol–water partition coefficient (Wildman–Crippen LogP) is 2.42. The van der Waals surface area contributed by atoms with Gasteiger partial charge in [-0.1, -0.05) is 19.3 Å². The van der Waals surface area contributed by atoms with Crippen molar-refractivity contribution in [3.63, 3.8) is 0 Å². The van der Waals surface area contributed by atoms with Crippen LogP contribution in [0, 0.1) is 11.5 Å². The topological polar surface area (TPSA) is 61.6 Å². The van der Waals surface area contributed by atoms with Crippen molar-refractivity contribution >= 4 is 5.82 Å². The summed E-state index contributed by atoms with van der Waals surface area (Å²) in [6, 6.07) is 3.79. The molecule has 0 unspecified atom stereocenters. The Morgan fingerprint density at radius 2 is 2.00 bits per heavy atom. The first-order valence-corrected chi connectivity index (χ1v) is 5.39. The zero-order valence-corrected chi connectivity index (χ0v) is 8.61. The summed E-state index contributed by atoms with van der Waals surface area (Å²) in [5.74, 6) is 1.10. The molecule has 1 N–H and O–H groups in total. The highest BCUT2D eigenvalue weighted by Gasteiger charge is 2.16. The number of hydrogen-bond acceptors (Lipinski definition) is 4. The molecule has 0 saturated heterocycles. The molecule has 1 heterocycles. The second kappa shape index (κ2) is 4.74. The Hall–Kier alpha value is -1.63. The quantitative estimate of drug-likeness (QED) is 0.591. The Bertz CT molecular complexity index is 346. The summed E-state index contributed by atoms with van der Waals surface area (Å²) >= 11 is 0. The van der Waals surface area contributed by atoms with E-state index in [1.807, 2.05) is 18.3 Å². The van der Waals surface area contributed by atoms with Gasteiger partial charge in [0.05, 0.1) is 5.69 Å². The van der Waals surface area contributed by atoms with Crippen LogP contribution in [0.2, 0.25) is 0 Å². The van der Waals surface area contributed by atoms with Gasteiger partial charge in [0.15, 0.2) is 12.0 Å². The lowest BCUT2D eigenvalue weighted by Gasteiger charge is -2.20. The molecular formula is C11H14N4. The van der Waals surface area contributed by atoms with Crippen LogP contribution in [0.4, 0.5) is 5.82 Å². The van der Waals surface area contributed by atoms with Gasteiger partial charge in [0.1, 0.15) is 0 Å². The van der Waals surface area contributed by atoms with Crippen LogP contribution in [0.1, 0.15) is 43.7 Å². The minimum atomic E-state index is 0.525. The molecule has 15 heavy (non-hydrogen) atoms. The molecule has 78 valence electrons. The van der Waals surface area contributed by atoms with Crippen LogP contribution < -0.4 is 5.32 Å². The van der Waals surface area contributed by atoms with Crippen molar-refractivity contribution < 1.29 is 0 Å². The van der Waals surface area contributed by atoms with Gasteiger partial charge in [-0.2, -0.15) is 10.4 Å². The maximum atomic E-state index is 8.41. The number of nitrogens with one attached hydrogen (secondary N) is 1. The van der Waals surface area contributed by atoms with Gasteiger partial charge in [-0.05, 0) is 25.0 Å². The van der Waals surface area contributed by atoms with E-state index in [1.54, 1.807) is 0 Å². The molecule has 0 radical (unpaired) electrons. The van der Waals surface area contributed by atoms with Crippen molar-refractivity contribution in [3.8, 4) is 6.19 Å². The van der Waals surface area contributed by atoms with E-state index >= 15 is 0 Å². The van der Waals surface area contributed by atoms with E-state index in [-0.39, 0.29) is 0 Å². The highest BCUT2D eigenvalue weighted by atomic mass is 15.2. The van der Waals surface area contributed by atoms with Crippen LogP contribution in [0.25, 0.3) is 0 Å². The summed E-state index contributed by atoms with van der Waals surface area (Å²) in [6.45, 7) is 0. The van der Waals surface area contributed by atoms with Crippen molar-refractivity contribution in [1.29, 1.82) is 5.26 Å². The van der Waals surface area contributed by atoms with E-state index in [4.69, 9.17) is 5.26 Å². The van der Waals surface area contributed by atoms with E-state index in [0.717, 1.165) is 5.69 Å². The molecule has 1 fully saturated rings. The molecule has 1 aliphatic rings. The van der Waals surface area contributed by atoms with Crippen molar-refractivity contribution in [2.24, 2.45) is 0 Å². The highest BCUT2D eigenvalue weighted by Crippen LogP contribution is 2.31. The van der Waals surface area contributed by atoms with Crippen LogP contribution in [0.3, 0.4) is 0 Å². The first-order chi connectivity index (χ1) is 7.40. The summed E-state index contributed by atoms with van der Waals surface area (Å²) in [5, 5.41) is 19.0. The van der Waals surface area contributed by atoms with Gasteiger partial charge >= 0.3 is 0 Å². The first-order valence-electron chi connectivity index (χ1n) is 5.39. The standard InChI is InChI=1S/C11H14N4/c12-8-13-11-7-6-10(14-15-11)9-4-2-1-3-5-9/h6-7,9H,1-5H2,(H,13,15). The SMILES string of the molecule is N#CNc1ccc(C2CCCCC2)nn1. The molecule has 0 aliphatic heterocycles. The fourth-order valence-electron chi connectivity index (χ4n) is 2.08. The first kappa shape index (κ1) is 9.91. The Morgan fingerprint density at radius 3 is 2.60 bits per heavy atom. The number of hydrogen-bond donors (Lipinski definition) is 1. The van der Waals surface area contributed by atoms with E-state index in [0.29, 0.717) is 11.7 Å². The summed E-state index contributed by atoms with van der Waals surface area (Å²) in [5.41, 5.74) is 1.07. The van der Waals surface area contributed by atoms with Crippen LogP contribution >= 0.6 is 0 Å². The molecule has 0 aromatic carbocycles. The number of aromatic nitrogens is 2. The molecule has 1 aliphatic carbocycles. The largest absolute Gasteiger partial charge is 0.275 e. The van der Waals surface area contributed by atoms with E-state index < -0.39 is 0 Å². The summed E-state index contributed by atoms with van der Waals surface area (Å²) in [6.07, 6.45) is 8.21. The molecule has 4 nitrogen and oxygen atoms in total. The molecule has 1 aromatic rings. The second-order valence-electron chi connectivity index (χ2n) is 3.92. The number of nitrogens with zero attached hydrogens (tertiary/aromatic N) is 3. The van der Waals surface area contributed by atoms with Gasteiger partial charge < -0.3 is 0 Å².